The van der Waals surface area contributed by atoms with E-state index in [-0.39, 0.29) is 5.91 Å². The van der Waals surface area contributed by atoms with Crippen LogP contribution in [0, 0.1) is 0 Å². The fraction of sp³-hybridized carbons (Fsp3) is 0.500. The van der Waals surface area contributed by atoms with Crippen molar-refractivity contribution < 1.29 is 9.53 Å². The summed E-state index contributed by atoms with van der Waals surface area (Å²) in [7, 11) is 1.63. The normalized spacial score (nSPS) is 19.1. The van der Waals surface area contributed by atoms with Crippen molar-refractivity contribution >= 4 is 21.8 Å². The van der Waals surface area contributed by atoms with E-state index in [1.165, 1.54) is 0 Å². The summed E-state index contributed by atoms with van der Waals surface area (Å²) in [4.78, 5) is 14.2. The molecule has 1 amide bonds. The minimum atomic E-state index is 0.191. The summed E-state index contributed by atoms with van der Waals surface area (Å²) in [6.07, 6.45) is 2.64. The third kappa shape index (κ3) is 2.86. The third-order valence-corrected chi connectivity index (χ3v) is 3.95. The molecule has 0 bridgehead atoms. The fourth-order valence-corrected chi connectivity index (χ4v) is 2.86. The zero-order chi connectivity index (χ0) is 13.1. The number of rotatable bonds is 3. The molecule has 18 heavy (non-hydrogen) atoms. The Morgan fingerprint density at radius 3 is 2.94 bits per heavy atom. The molecule has 1 aromatic carbocycles. The molecule has 0 N–H and O–H groups in total. The maximum absolute atomic E-state index is 12.3. The Morgan fingerprint density at radius 2 is 2.33 bits per heavy atom. The Kier molecular flexibility index (Phi) is 4.27. The largest absolute Gasteiger partial charge is 0.496 e. The van der Waals surface area contributed by atoms with Crippen LogP contribution in [0.25, 0.3) is 0 Å². The highest BCUT2D eigenvalue weighted by atomic mass is 79.9. The molecule has 98 valence electrons. The predicted octanol–water partition coefficient (Wildman–Crippen LogP) is 3.01. The molecule has 0 unspecified atom stereocenters. The molecule has 4 heteroatoms. The summed E-state index contributed by atoms with van der Waals surface area (Å²) in [5.41, 5.74) is 0.941. The number of methoxy groups -OCH3 is 1. The van der Waals surface area contributed by atoms with Crippen LogP contribution in [0.2, 0.25) is 0 Å². The molecular formula is C14H18BrNO2. The molecule has 1 aliphatic heterocycles. The van der Waals surface area contributed by atoms with E-state index in [1.54, 1.807) is 7.11 Å². The van der Waals surface area contributed by atoms with Crippen LogP contribution in [0.4, 0.5) is 0 Å². The molecule has 0 aliphatic carbocycles. The van der Waals surface area contributed by atoms with Gasteiger partial charge >= 0.3 is 0 Å². The lowest BCUT2D eigenvalue weighted by molar-refractivity contribution is -0.131. The molecule has 2 rings (SSSR count). The number of amides is 1. The van der Waals surface area contributed by atoms with Gasteiger partial charge in [0.05, 0.1) is 13.5 Å². The van der Waals surface area contributed by atoms with Gasteiger partial charge in [0, 0.05) is 22.6 Å². The number of carbonyl (C=O) groups is 1. The second-order valence-corrected chi connectivity index (χ2v) is 5.63. The molecule has 0 radical (unpaired) electrons. The molecule has 1 aliphatic rings. The third-order valence-electron chi connectivity index (χ3n) is 3.46. The van der Waals surface area contributed by atoms with E-state index in [9.17, 15) is 4.79 Å². The van der Waals surface area contributed by atoms with Gasteiger partial charge in [-0.25, -0.2) is 0 Å². The van der Waals surface area contributed by atoms with Crippen LogP contribution >= 0.6 is 15.9 Å². The SMILES string of the molecule is COc1ccc(Br)cc1CC(=O)N1CCC[C@@H]1C. The first-order chi connectivity index (χ1) is 8.61. The summed E-state index contributed by atoms with van der Waals surface area (Å²) in [5.74, 6) is 0.967. The number of ether oxygens (including phenoxy) is 1. The molecule has 1 fully saturated rings. The Hall–Kier alpha value is -1.03. The molecule has 1 aromatic rings. The van der Waals surface area contributed by atoms with Crippen molar-refractivity contribution in [3.8, 4) is 5.75 Å². The summed E-state index contributed by atoms with van der Waals surface area (Å²) in [5, 5.41) is 0. The van der Waals surface area contributed by atoms with E-state index in [0.717, 1.165) is 35.2 Å². The van der Waals surface area contributed by atoms with Crippen LogP contribution in [-0.2, 0) is 11.2 Å². The zero-order valence-electron chi connectivity index (χ0n) is 10.8. The summed E-state index contributed by atoms with van der Waals surface area (Å²) < 4.78 is 6.27. The monoisotopic (exact) mass is 311 g/mol. The van der Waals surface area contributed by atoms with Gasteiger partial charge in [-0.1, -0.05) is 15.9 Å². The van der Waals surface area contributed by atoms with Crippen LogP contribution in [-0.4, -0.2) is 30.5 Å². The lowest BCUT2D eigenvalue weighted by atomic mass is 10.1. The van der Waals surface area contributed by atoms with Gasteiger partial charge < -0.3 is 9.64 Å². The topological polar surface area (TPSA) is 29.5 Å². The van der Waals surface area contributed by atoms with Gasteiger partial charge in [0.15, 0.2) is 0 Å². The molecule has 1 saturated heterocycles. The Morgan fingerprint density at radius 1 is 1.56 bits per heavy atom. The van der Waals surface area contributed by atoms with Gasteiger partial charge in [0.1, 0.15) is 5.75 Å². The van der Waals surface area contributed by atoms with Crippen molar-refractivity contribution in [2.45, 2.75) is 32.2 Å². The molecule has 0 saturated carbocycles. The first-order valence-electron chi connectivity index (χ1n) is 6.23. The maximum Gasteiger partial charge on any atom is 0.227 e. The highest BCUT2D eigenvalue weighted by molar-refractivity contribution is 9.10. The van der Waals surface area contributed by atoms with E-state index >= 15 is 0 Å². The van der Waals surface area contributed by atoms with E-state index in [2.05, 4.69) is 22.9 Å². The quantitative estimate of drug-likeness (QED) is 0.859. The van der Waals surface area contributed by atoms with Gasteiger partial charge in [0.2, 0.25) is 5.91 Å². The number of hydrogen-bond donors (Lipinski definition) is 0. The van der Waals surface area contributed by atoms with Gasteiger partial charge in [-0.2, -0.15) is 0 Å². The standard InChI is InChI=1S/C14H18BrNO2/c1-10-4-3-7-16(10)14(17)9-11-8-12(15)5-6-13(11)18-2/h5-6,8,10H,3-4,7,9H2,1-2H3/t10-/m0/s1. The van der Waals surface area contributed by atoms with Crippen molar-refractivity contribution in [3.05, 3.63) is 28.2 Å². The van der Waals surface area contributed by atoms with Crippen LogP contribution in [0.3, 0.4) is 0 Å². The van der Waals surface area contributed by atoms with Crippen molar-refractivity contribution in [1.29, 1.82) is 0 Å². The Bertz CT molecular complexity index is 447. The number of nitrogens with zero attached hydrogens (tertiary/aromatic N) is 1. The minimum Gasteiger partial charge on any atom is -0.496 e. The van der Waals surface area contributed by atoms with Crippen LogP contribution in [0.1, 0.15) is 25.3 Å². The second-order valence-electron chi connectivity index (χ2n) is 4.71. The van der Waals surface area contributed by atoms with Gasteiger partial charge in [0.25, 0.3) is 0 Å². The van der Waals surface area contributed by atoms with Gasteiger partial charge in [-0.05, 0) is 38.0 Å². The average Bonchev–Trinajstić information content (AvgIpc) is 2.76. The maximum atomic E-state index is 12.3. The lowest BCUT2D eigenvalue weighted by Crippen LogP contribution is -2.34. The van der Waals surface area contributed by atoms with Gasteiger partial charge in [-0.3, -0.25) is 4.79 Å². The molecule has 3 nitrogen and oxygen atoms in total. The second kappa shape index (κ2) is 5.74. The number of hydrogen-bond acceptors (Lipinski definition) is 2. The van der Waals surface area contributed by atoms with Crippen LogP contribution < -0.4 is 4.74 Å². The lowest BCUT2D eigenvalue weighted by Gasteiger charge is -2.22. The van der Waals surface area contributed by atoms with E-state index in [4.69, 9.17) is 4.74 Å². The minimum absolute atomic E-state index is 0.191. The number of carbonyl (C=O) groups excluding carboxylic acids is 1. The molecule has 0 spiro atoms. The van der Waals surface area contributed by atoms with Crippen LogP contribution in [0.15, 0.2) is 22.7 Å². The zero-order valence-corrected chi connectivity index (χ0v) is 12.4. The Labute approximate surface area is 116 Å². The number of benzene rings is 1. The predicted molar refractivity (Wildman–Crippen MR) is 74.8 cm³/mol. The Balaban J connectivity index is 2.13. The van der Waals surface area contributed by atoms with Crippen molar-refractivity contribution in [3.63, 3.8) is 0 Å². The highest BCUT2D eigenvalue weighted by Gasteiger charge is 2.25. The summed E-state index contributed by atoms with van der Waals surface area (Å²) >= 11 is 3.43. The summed E-state index contributed by atoms with van der Waals surface area (Å²) in [6, 6.07) is 6.14. The smallest absolute Gasteiger partial charge is 0.227 e. The number of halogens is 1. The van der Waals surface area contributed by atoms with Crippen molar-refractivity contribution in [2.24, 2.45) is 0 Å². The first kappa shape index (κ1) is 13.4. The molecule has 1 heterocycles. The molecule has 1 atom stereocenters. The summed E-state index contributed by atoms with van der Waals surface area (Å²) in [6.45, 7) is 3.00. The molecular weight excluding hydrogens is 294 g/mol. The van der Waals surface area contributed by atoms with E-state index in [1.807, 2.05) is 23.1 Å². The average molecular weight is 312 g/mol. The van der Waals surface area contributed by atoms with Gasteiger partial charge in [-0.15, -0.1) is 0 Å². The van der Waals surface area contributed by atoms with E-state index in [0.29, 0.717) is 12.5 Å². The van der Waals surface area contributed by atoms with Crippen molar-refractivity contribution in [1.82, 2.24) is 4.90 Å². The fourth-order valence-electron chi connectivity index (χ4n) is 2.45. The molecule has 0 aromatic heterocycles. The first-order valence-corrected chi connectivity index (χ1v) is 7.03. The van der Waals surface area contributed by atoms with E-state index < -0.39 is 0 Å². The highest BCUT2D eigenvalue weighted by Crippen LogP contribution is 2.25. The van der Waals surface area contributed by atoms with Crippen LogP contribution in [0.5, 0.6) is 5.75 Å². The van der Waals surface area contributed by atoms with Crippen molar-refractivity contribution in [2.75, 3.05) is 13.7 Å². The number of likely N-dealkylation sites (tertiary alicyclic amines) is 1.